The number of halogens is 3. The number of aromatic nitrogens is 1. The van der Waals surface area contributed by atoms with Gasteiger partial charge in [-0.25, -0.2) is 22.9 Å². The Kier molecular flexibility index (Phi) is 11.7. The number of rotatable bonds is 14. The number of benzene rings is 2. The monoisotopic (exact) mass is 755 g/mol. The highest BCUT2D eigenvalue weighted by molar-refractivity contribution is 7.11. The molecule has 0 unspecified atom stereocenters. The van der Waals surface area contributed by atoms with Crippen molar-refractivity contribution in [3.05, 3.63) is 98.9 Å². The molecule has 284 valence electrons. The molecular weight excluding hydrogens is 712 g/mol. The summed E-state index contributed by atoms with van der Waals surface area (Å²) in [5, 5.41) is 18.1. The molecule has 2 fully saturated rings. The average molecular weight is 756 g/mol. The van der Waals surface area contributed by atoms with Crippen LogP contribution < -0.4 is 5.32 Å². The maximum absolute atomic E-state index is 16.1. The number of amidine groups is 1. The first kappa shape index (κ1) is 38.6. The van der Waals surface area contributed by atoms with Gasteiger partial charge in [0.25, 0.3) is 5.92 Å². The Bertz CT molecular complexity index is 1840. The summed E-state index contributed by atoms with van der Waals surface area (Å²) in [6, 6.07) is 10.3. The third-order valence-corrected chi connectivity index (χ3v) is 11.3. The highest BCUT2D eigenvalue weighted by Crippen LogP contribution is 2.43. The van der Waals surface area contributed by atoms with E-state index >= 15 is 8.78 Å². The predicted octanol–water partition coefficient (Wildman–Crippen LogP) is 5.34. The lowest BCUT2D eigenvalue weighted by Gasteiger charge is -2.37. The van der Waals surface area contributed by atoms with Crippen molar-refractivity contribution in [2.45, 2.75) is 77.3 Å². The van der Waals surface area contributed by atoms with Gasteiger partial charge in [0.1, 0.15) is 24.5 Å². The topological polar surface area (TPSA) is 126 Å². The summed E-state index contributed by atoms with van der Waals surface area (Å²) >= 11 is 1.29. The number of likely N-dealkylation sites (tertiary alicyclic amines) is 1. The van der Waals surface area contributed by atoms with E-state index in [0.717, 1.165) is 10.6 Å². The van der Waals surface area contributed by atoms with E-state index in [1.807, 2.05) is 30.3 Å². The minimum absolute atomic E-state index is 0.0123. The van der Waals surface area contributed by atoms with Gasteiger partial charge in [0.15, 0.2) is 10.8 Å². The predicted molar refractivity (Wildman–Crippen MR) is 191 cm³/mol. The van der Waals surface area contributed by atoms with Crippen molar-refractivity contribution >= 4 is 29.1 Å². The smallest absolute Gasteiger partial charge is 0.338 e. The number of alkyl halides is 2. The number of carbonyl (C=O) groups excluding carboxylic acids is 2. The number of aliphatic imine (C=N–C) groups is 1. The lowest BCUT2D eigenvalue weighted by Crippen LogP contribution is -2.52. The summed E-state index contributed by atoms with van der Waals surface area (Å²) in [4.78, 5) is 43.7. The van der Waals surface area contributed by atoms with Crippen molar-refractivity contribution in [2.24, 2.45) is 10.4 Å². The van der Waals surface area contributed by atoms with Crippen LogP contribution in [0.3, 0.4) is 0 Å². The fourth-order valence-corrected chi connectivity index (χ4v) is 8.07. The second-order valence-corrected chi connectivity index (χ2v) is 14.3. The number of nitrogens with one attached hydrogen (secondary N) is 1. The number of carbonyl (C=O) groups is 2. The molecule has 4 atom stereocenters. The zero-order valence-electron chi connectivity index (χ0n) is 30.1. The summed E-state index contributed by atoms with van der Waals surface area (Å²) in [6.45, 7) is 5.49. The molecule has 0 spiro atoms. The standard InChI is InChI=1S/C38H44F3N5O6S/c1-5-37(6-2,36(49)51-20-24-12-9-8-10-13-24)29(47)19-46-32-28(21-52-46)45(22-38(32,40)41)18-27-30(35(48)50-7-3)31(25-14-11-15-26(39)23(25)4)44-33(43-27)34-42-16-17-53-34/h8-17,28-29,31-32,47H,5-7,18-22H2,1-4H3,(H,43,44)/t28-,29-,31-,32+/m0/s1. The van der Waals surface area contributed by atoms with Gasteiger partial charge >= 0.3 is 11.9 Å². The van der Waals surface area contributed by atoms with Gasteiger partial charge in [0, 0.05) is 23.8 Å². The van der Waals surface area contributed by atoms with E-state index in [2.05, 4.69) is 10.3 Å². The molecule has 2 aromatic carbocycles. The fourth-order valence-electron chi connectivity index (χ4n) is 7.48. The average Bonchev–Trinajstić information content (AvgIpc) is 3.89. The van der Waals surface area contributed by atoms with Crippen LogP contribution in [0.4, 0.5) is 13.2 Å². The van der Waals surface area contributed by atoms with E-state index in [-0.39, 0.29) is 62.6 Å². The normalized spacial score (nSPS) is 22.3. The Balaban J connectivity index is 1.27. The van der Waals surface area contributed by atoms with Gasteiger partial charge in [-0.2, -0.15) is 5.06 Å². The van der Waals surface area contributed by atoms with Crippen LogP contribution in [0.25, 0.3) is 0 Å². The first-order chi connectivity index (χ1) is 25.4. The molecule has 3 aliphatic heterocycles. The number of hydrogen-bond acceptors (Lipinski definition) is 12. The summed E-state index contributed by atoms with van der Waals surface area (Å²) in [6.07, 6.45) is 0.646. The molecule has 3 aliphatic rings. The molecule has 53 heavy (non-hydrogen) atoms. The van der Waals surface area contributed by atoms with E-state index in [9.17, 15) is 19.1 Å². The molecule has 6 rings (SSSR count). The molecule has 2 N–H and O–H groups in total. The number of ether oxygens (including phenoxy) is 2. The van der Waals surface area contributed by atoms with Crippen LogP contribution in [0.5, 0.6) is 0 Å². The van der Waals surface area contributed by atoms with Gasteiger partial charge in [0.05, 0.1) is 49.4 Å². The van der Waals surface area contributed by atoms with Crippen molar-refractivity contribution in [3.8, 4) is 0 Å². The minimum atomic E-state index is -3.31. The summed E-state index contributed by atoms with van der Waals surface area (Å²) in [5.74, 6) is -4.81. The number of fused-ring (bicyclic) bond motifs is 1. The SMILES string of the molecule is CCOC(=O)C1=C(CN2CC(F)(F)[C@H]3[C@@H]2CON3C[C@H](O)C(CC)(CC)C(=O)OCc2ccccc2)NC(c2nccs2)=N[C@H]1c1cccc(F)c1C. The minimum Gasteiger partial charge on any atom is -0.463 e. The molecule has 2 saturated heterocycles. The van der Waals surface area contributed by atoms with Crippen LogP contribution >= 0.6 is 11.3 Å². The number of thiazole rings is 1. The second kappa shape index (κ2) is 16.1. The molecule has 0 radical (unpaired) electrons. The van der Waals surface area contributed by atoms with Gasteiger partial charge in [0.2, 0.25) is 0 Å². The van der Waals surface area contributed by atoms with E-state index in [1.165, 1.54) is 28.4 Å². The highest BCUT2D eigenvalue weighted by atomic mass is 32.1. The lowest BCUT2D eigenvalue weighted by molar-refractivity contribution is -0.206. The van der Waals surface area contributed by atoms with Crippen LogP contribution in [0, 0.1) is 18.2 Å². The lowest BCUT2D eigenvalue weighted by atomic mass is 9.76. The summed E-state index contributed by atoms with van der Waals surface area (Å²) < 4.78 is 58.2. The maximum atomic E-state index is 16.1. The Morgan fingerprint density at radius 1 is 1.13 bits per heavy atom. The quantitative estimate of drug-likeness (QED) is 0.208. The third-order valence-electron chi connectivity index (χ3n) is 10.5. The van der Waals surface area contributed by atoms with Gasteiger partial charge in [-0.05, 0) is 49.4 Å². The number of hydrogen-bond donors (Lipinski definition) is 2. The number of esters is 2. The fraction of sp³-hybridized carbons (Fsp3) is 0.474. The summed E-state index contributed by atoms with van der Waals surface area (Å²) in [5.41, 5.74) is 0.475. The van der Waals surface area contributed by atoms with Gasteiger partial charge in [-0.1, -0.05) is 56.3 Å². The second-order valence-electron chi connectivity index (χ2n) is 13.4. The summed E-state index contributed by atoms with van der Waals surface area (Å²) in [7, 11) is 0. The number of aliphatic hydroxyl groups is 1. The number of hydroxylamine groups is 2. The Hall–Kier alpha value is -4.15. The molecule has 11 nitrogen and oxygen atoms in total. The molecule has 1 aromatic heterocycles. The van der Waals surface area contributed by atoms with Crippen LogP contribution in [0.15, 0.2) is 76.4 Å². The Morgan fingerprint density at radius 3 is 2.57 bits per heavy atom. The number of aliphatic hydroxyl groups excluding tert-OH is 1. The van der Waals surface area contributed by atoms with Gasteiger partial charge in [-0.15, -0.1) is 11.3 Å². The Morgan fingerprint density at radius 2 is 1.89 bits per heavy atom. The molecule has 15 heteroatoms. The first-order valence-electron chi connectivity index (χ1n) is 17.7. The molecule has 0 amide bonds. The van der Waals surface area contributed by atoms with Gasteiger partial charge in [-0.3, -0.25) is 19.5 Å². The number of nitrogens with zero attached hydrogens (tertiary/aromatic N) is 4. The van der Waals surface area contributed by atoms with Crippen molar-refractivity contribution in [1.29, 1.82) is 0 Å². The van der Waals surface area contributed by atoms with Crippen LogP contribution in [0.2, 0.25) is 0 Å². The van der Waals surface area contributed by atoms with Crippen LogP contribution in [-0.2, 0) is 30.5 Å². The molecule has 0 saturated carbocycles. The van der Waals surface area contributed by atoms with Crippen molar-refractivity contribution in [2.75, 3.05) is 32.8 Å². The largest absolute Gasteiger partial charge is 0.463 e. The van der Waals surface area contributed by atoms with Crippen LogP contribution in [-0.4, -0.2) is 94.8 Å². The maximum Gasteiger partial charge on any atom is 0.338 e. The van der Waals surface area contributed by atoms with Gasteiger partial charge < -0.3 is 19.9 Å². The Labute approximate surface area is 310 Å². The molecule has 0 bridgehead atoms. The zero-order valence-corrected chi connectivity index (χ0v) is 30.9. The first-order valence-corrected chi connectivity index (χ1v) is 18.6. The van der Waals surface area contributed by atoms with Crippen LogP contribution in [0.1, 0.15) is 61.4 Å². The van der Waals surface area contributed by atoms with E-state index < -0.39 is 59.9 Å². The van der Waals surface area contributed by atoms with Crippen molar-refractivity contribution < 1.29 is 42.2 Å². The zero-order chi connectivity index (χ0) is 37.9. The van der Waals surface area contributed by atoms with Crippen molar-refractivity contribution in [1.82, 2.24) is 20.3 Å². The molecular formula is C38H44F3N5O6S. The van der Waals surface area contributed by atoms with E-state index in [0.29, 0.717) is 16.4 Å². The van der Waals surface area contributed by atoms with E-state index in [1.54, 1.807) is 45.3 Å². The number of β-amino-alcohol motifs (C(OH)–C–C–N with tert-alkyl or cyclic N) is 1. The molecule has 3 aromatic rings. The highest BCUT2D eigenvalue weighted by Gasteiger charge is 2.61. The third kappa shape index (κ3) is 7.63. The van der Waals surface area contributed by atoms with Crippen molar-refractivity contribution in [3.63, 3.8) is 0 Å². The molecule has 4 heterocycles. The molecule has 0 aliphatic carbocycles. The van der Waals surface area contributed by atoms with E-state index in [4.69, 9.17) is 19.3 Å².